The maximum Gasteiger partial charge on any atom is 0.413 e. The summed E-state index contributed by atoms with van der Waals surface area (Å²) in [4.78, 5) is 39.3. The summed E-state index contributed by atoms with van der Waals surface area (Å²) in [7, 11) is -0.338. The number of hydrogen-bond acceptors (Lipinski definition) is 9. The zero-order valence-corrected chi connectivity index (χ0v) is 19.7. The fourth-order valence-electron chi connectivity index (χ4n) is 2.51. The first-order valence-corrected chi connectivity index (χ1v) is 11.2. The largest absolute Gasteiger partial charge is 0.497 e. The van der Waals surface area contributed by atoms with Crippen molar-refractivity contribution in [2.24, 2.45) is 4.99 Å². The number of sulfone groups is 1. The molecule has 182 valence electrons. The third-order valence-corrected chi connectivity index (χ3v) is 6.06. The fraction of sp³-hybridized carbons (Fsp3) is 0.238. The smallest absolute Gasteiger partial charge is 0.413 e. The number of rotatable bonds is 6. The second-order valence-electron chi connectivity index (χ2n) is 6.45. The quantitative estimate of drug-likeness (QED) is 0.409. The minimum Gasteiger partial charge on any atom is -0.497 e. The lowest BCUT2D eigenvalue weighted by Gasteiger charge is -2.13. The van der Waals surface area contributed by atoms with Gasteiger partial charge in [-0.2, -0.15) is 0 Å². The minimum atomic E-state index is -3.99. The van der Waals surface area contributed by atoms with Crippen LogP contribution in [0.15, 0.2) is 57.2 Å². The molecule has 0 saturated carbocycles. The van der Waals surface area contributed by atoms with Crippen molar-refractivity contribution in [2.75, 3.05) is 26.6 Å². The maximum atomic E-state index is 13.2. The standard InChI is InChI=1S/C21H24N4O8S/c1-5-18(26)22-16-11-10-15(34(29,30)14-8-6-13(31-2)7-9-14)12-17(16)23-19(24-20(27)32-3)25-21(28)33-4/h6-12H,5H2,1-4H3,(H,22,26)(H2,23,24,25,27,28). The number of carbonyl (C=O) groups is 3. The molecular weight excluding hydrogens is 468 g/mol. The van der Waals surface area contributed by atoms with Crippen LogP contribution in [0.1, 0.15) is 13.3 Å². The lowest BCUT2D eigenvalue weighted by Crippen LogP contribution is -2.43. The Labute approximate surface area is 196 Å². The molecule has 0 aliphatic heterocycles. The number of ether oxygens (including phenoxy) is 3. The van der Waals surface area contributed by atoms with Gasteiger partial charge in [0.25, 0.3) is 0 Å². The Hall–Kier alpha value is -4.13. The second-order valence-corrected chi connectivity index (χ2v) is 8.40. The summed E-state index contributed by atoms with van der Waals surface area (Å²) in [5, 5.41) is 6.95. The van der Waals surface area contributed by atoms with E-state index in [1.54, 1.807) is 6.92 Å². The molecule has 0 heterocycles. The molecule has 0 aromatic heterocycles. The third-order valence-electron chi connectivity index (χ3n) is 4.29. The van der Waals surface area contributed by atoms with E-state index in [1.165, 1.54) is 49.6 Å². The number of anilines is 1. The fourth-order valence-corrected chi connectivity index (χ4v) is 3.79. The summed E-state index contributed by atoms with van der Waals surface area (Å²) in [6.07, 6.45) is -1.78. The van der Waals surface area contributed by atoms with E-state index >= 15 is 0 Å². The third kappa shape index (κ3) is 6.68. The van der Waals surface area contributed by atoms with Crippen LogP contribution < -0.4 is 20.7 Å². The summed E-state index contributed by atoms with van der Waals surface area (Å²) in [6, 6.07) is 9.59. The van der Waals surface area contributed by atoms with Gasteiger partial charge in [-0.3, -0.25) is 15.4 Å². The van der Waals surface area contributed by atoms with Crippen molar-refractivity contribution in [3.05, 3.63) is 42.5 Å². The number of guanidine groups is 1. The molecule has 0 unspecified atom stereocenters. The predicted octanol–water partition coefficient (Wildman–Crippen LogP) is 2.58. The molecule has 2 aromatic rings. The average molecular weight is 493 g/mol. The topological polar surface area (TPSA) is 161 Å². The highest BCUT2D eigenvalue weighted by molar-refractivity contribution is 7.91. The van der Waals surface area contributed by atoms with Gasteiger partial charge in [0.1, 0.15) is 5.75 Å². The van der Waals surface area contributed by atoms with Crippen LogP contribution in [0.25, 0.3) is 0 Å². The van der Waals surface area contributed by atoms with E-state index in [9.17, 15) is 22.8 Å². The van der Waals surface area contributed by atoms with Gasteiger partial charge in [-0.25, -0.2) is 23.0 Å². The minimum absolute atomic E-state index is 0.00540. The molecular formula is C21H24N4O8S. The van der Waals surface area contributed by atoms with Gasteiger partial charge in [0.05, 0.1) is 42.5 Å². The van der Waals surface area contributed by atoms with Crippen LogP contribution in [0, 0.1) is 0 Å². The molecule has 0 bridgehead atoms. The van der Waals surface area contributed by atoms with Gasteiger partial charge in [0, 0.05) is 6.42 Å². The van der Waals surface area contributed by atoms with Crippen molar-refractivity contribution in [1.29, 1.82) is 0 Å². The molecule has 0 atom stereocenters. The van der Waals surface area contributed by atoms with E-state index in [0.717, 1.165) is 14.2 Å². The highest BCUT2D eigenvalue weighted by Gasteiger charge is 2.21. The summed E-state index contributed by atoms with van der Waals surface area (Å²) in [5.74, 6) is -0.315. The van der Waals surface area contributed by atoms with Crippen LogP contribution in [-0.2, 0) is 24.1 Å². The van der Waals surface area contributed by atoms with Crippen LogP contribution in [0.2, 0.25) is 0 Å². The summed E-state index contributed by atoms with van der Waals surface area (Å²) < 4.78 is 40.4. The predicted molar refractivity (Wildman–Crippen MR) is 122 cm³/mol. The molecule has 2 aromatic carbocycles. The van der Waals surface area contributed by atoms with E-state index in [0.29, 0.717) is 5.75 Å². The molecule has 13 heteroatoms. The Morgan fingerprint density at radius 1 is 0.882 bits per heavy atom. The molecule has 3 N–H and O–H groups in total. The molecule has 12 nitrogen and oxygen atoms in total. The Bertz CT molecular complexity index is 1170. The number of nitrogens with one attached hydrogen (secondary N) is 3. The van der Waals surface area contributed by atoms with Gasteiger partial charge in [-0.1, -0.05) is 6.92 Å². The van der Waals surface area contributed by atoms with Crippen LogP contribution in [0.5, 0.6) is 5.75 Å². The SMILES string of the molecule is CCC(=O)Nc1ccc(S(=O)(=O)c2ccc(OC)cc2)cc1N=C(NC(=O)OC)NC(=O)OC. The molecule has 3 amide bonds. The molecule has 0 aliphatic carbocycles. The molecule has 0 spiro atoms. The number of alkyl carbamates (subject to hydrolysis) is 2. The van der Waals surface area contributed by atoms with Crippen LogP contribution in [-0.4, -0.2) is 53.8 Å². The number of carbonyl (C=O) groups excluding carboxylic acids is 3. The van der Waals surface area contributed by atoms with Crippen molar-refractivity contribution in [3.8, 4) is 5.75 Å². The normalized spacial score (nSPS) is 10.5. The highest BCUT2D eigenvalue weighted by Crippen LogP contribution is 2.31. The first kappa shape index (κ1) is 26.1. The van der Waals surface area contributed by atoms with Crippen LogP contribution >= 0.6 is 0 Å². The Balaban J connectivity index is 2.62. The van der Waals surface area contributed by atoms with Gasteiger partial charge in [0.15, 0.2) is 0 Å². The van der Waals surface area contributed by atoms with E-state index < -0.39 is 28.0 Å². The molecule has 2 rings (SSSR count). The van der Waals surface area contributed by atoms with Crippen molar-refractivity contribution in [2.45, 2.75) is 23.1 Å². The Kier molecular flexibility index (Phi) is 8.95. The molecule has 0 fully saturated rings. The van der Waals surface area contributed by atoms with E-state index in [1.807, 2.05) is 0 Å². The van der Waals surface area contributed by atoms with Gasteiger partial charge >= 0.3 is 12.2 Å². The van der Waals surface area contributed by atoms with Crippen LogP contribution in [0.3, 0.4) is 0 Å². The van der Waals surface area contributed by atoms with Gasteiger partial charge in [-0.15, -0.1) is 0 Å². The monoisotopic (exact) mass is 492 g/mol. The number of benzene rings is 2. The number of methoxy groups -OCH3 is 3. The van der Waals surface area contributed by atoms with Crippen molar-refractivity contribution in [3.63, 3.8) is 0 Å². The zero-order chi connectivity index (χ0) is 25.3. The Morgan fingerprint density at radius 3 is 1.94 bits per heavy atom. The van der Waals surface area contributed by atoms with Crippen molar-refractivity contribution in [1.82, 2.24) is 10.6 Å². The summed E-state index contributed by atoms with van der Waals surface area (Å²) >= 11 is 0. The first-order valence-electron chi connectivity index (χ1n) is 9.76. The summed E-state index contributed by atoms with van der Waals surface area (Å²) in [5.41, 5.74) is 0.0653. The lowest BCUT2D eigenvalue weighted by atomic mass is 10.2. The van der Waals surface area contributed by atoms with E-state index in [2.05, 4.69) is 30.4 Å². The average Bonchev–Trinajstić information content (AvgIpc) is 2.84. The maximum absolute atomic E-state index is 13.2. The van der Waals surface area contributed by atoms with E-state index in [4.69, 9.17) is 4.74 Å². The zero-order valence-electron chi connectivity index (χ0n) is 18.9. The van der Waals surface area contributed by atoms with Gasteiger partial charge in [0.2, 0.25) is 21.7 Å². The molecule has 0 saturated heterocycles. The van der Waals surface area contributed by atoms with E-state index in [-0.39, 0.29) is 33.5 Å². The highest BCUT2D eigenvalue weighted by atomic mass is 32.2. The summed E-state index contributed by atoms with van der Waals surface area (Å²) in [6.45, 7) is 1.63. The lowest BCUT2D eigenvalue weighted by molar-refractivity contribution is -0.115. The first-order chi connectivity index (χ1) is 16.1. The van der Waals surface area contributed by atoms with Crippen molar-refractivity contribution >= 4 is 45.3 Å². The van der Waals surface area contributed by atoms with Crippen molar-refractivity contribution < 1.29 is 37.0 Å². The van der Waals surface area contributed by atoms with Crippen LogP contribution in [0.4, 0.5) is 21.0 Å². The second kappa shape index (κ2) is 11.7. The van der Waals surface area contributed by atoms with Gasteiger partial charge in [-0.05, 0) is 42.5 Å². The molecule has 0 aliphatic rings. The molecule has 0 radical (unpaired) electrons. The van der Waals surface area contributed by atoms with Gasteiger partial charge < -0.3 is 19.5 Å². The number of nitrogens with zero attached hydrogens (tertiary/aromatic N) is 1. The molecule has 34 heavy (non-hydrogen) atoms. The Morgan fingerprint density at radius 2 is 1.44 bits per heavy atom. The number of aliphatic imine (C=N–C) groups is 1. The number of amides is 3. The number of hydrogen-bond donors (Lipinski definition) is 3.